The zero-order valence-electron chi connectivity index (χ0n) is 15.9. The highest BCUT2D eigenvalue weighted by Gasteiger charge is 2.20. The summed E-state index contributed by atoms with van der Waals surface area (Å²) in [5.74, 6) is -0.00579. The van der Waals surface area contributed by atoms with E-state index in [1.54, 1.807) is 15.8 Å². The van der Waals surface area contributed by atoms with E-state index in [0.29, 0.717) is 23.0 Å². The van der Waals surface area contributed by atoms with Crippen LogP contribution in [0.3, 0.4) is 0 Å². The predicted octanol–water partition coefficient (Wildman–Crippen LogP) is 4.11. The van der Waals surface area contributed by atoms with Crippen LogP contribution >= 0.6 is 22.9 Å². The van der Waals surface area contributed by atoms with Gasteiger partial charge in [-0.05, 0) is 24.6 Å². The highest BCUT2D eigenvalue weighted by molar-refractivity contribution is 7.20. The molecular formula is C20H20ClN5OS. The smallest absolute Gasteiger partial charge is 0.264 e. The molecule has 0 aliphatic heterocycles. The standard InChI is InChI=1S/C20H20ClN5OS/c1-13-16-8-18(19(27)24(2)10-14-9-22-25(3)11-14)28-20(16)26(23-13)12-15-6-4-5-7-17(15)21/h4-9,11H,10,12H2,1-3H3. The first kappa shape index (κ1) is 18.7. The molecule has 4 rings (SSSR count). The first-order valence-corrected chi connectivity index (χ1v) is 10.0. The molecule has 4 aromatic rings. The number of benzene rings is 1. The van der Waals surface area contributed by atoms with Crippen molar-refractivity contribution in [1.82, 2.24) is 24.5 Å². The summed E-state index contributed by atoms with van der Waals surface area (Å²) >= 11 is 7.77. The molecular weight excluding hydrogens is 394 g/mol. The van der Waals surface area contributed by atoms with Crippen LogP contribution in [0.4, 0.5) is 0 Å². The highest BCUT2D eigenvalue weighted by Crippen LogP contribution is 2.30. The van der Waals surface area contributed by atoms with Crippen molar-refractivity contribution in [2.75, 3.05) is 7.05 Å². The van der Waals surface area contributed by atoms with Crippen LogP contribution in [-0.4, -0.2) is 37.4 Å². The SMILES string of the molecule is Cc1nn(Cc2ccccc2Cl)c2sc(C(=O)N(C)Cc3cnn(C)c3)cc12. The van der Waals surface area contributed by atoms with Crippen molar-refractivity contribution in [2.24, 2.45) is 7.05 Å². The zero-order valence-corrected chi connectivity index (χ0v) is 17.5. The number of fused-ring (bicyclic) bond motifs is 1. The van der Waals surface area contributed by atoms with E-state index in [1.807, 2.05) is 62.2 Å². The number of amides is 1. The number of hydrogen-bond acceptors (Lipinski definition) is 4. The maximum atomic E-state index is 12.9. The Morgan fingerprint density at radius 1 is 1.32 bits per heavy atom. The summed E-state index contributed by atoms with van der Waals surface area (Å²) < 4.78 is 3.66. The minimum Gasteiger partial charge on any atom is -0.337 e. The number of aryl methyl sites for hydroxylation is 2. The number of carbonyl (C=O) groups excluding carboxylic acids is 1. The average molecular weight is 414 g/mol. The van der Waals surface area contributed by atoms with Crippen LogP contribution in [0.15, 0.2) is 42.7 Å². The van der Waals surface area contributed by atoms with Crippen LogP contribution < -0.4 is 0 Å². The van der Waals surface area contributed by atoms with E-state index < -0.39 is 0 Å². The Labute approximate surface area is 171 Å². The molecule has 0 saturated carbocycles. The van der Waals surface area contributed by atoms with Crippen molar-refractivity contribution in [2.45, 2.75) is 20.0 Å². The third-order valence-corrected chi connectivity index (χ3v) is 6.13. The first-order chi connectivity index (χ1) is 13.4. The van der Waals surface area contributed by atoms with Gasteiger partial charge in [0.15, 0.2) is 0 Å². The van der Waals surface area contributed by atoms with Gasteiger partial charge in [-0.3, -0.25) is 14.2 Å². The second-order valence-corrected chi connectivity index (χ2v) is 8.29. The molecule has 144 valence electrons. The Balaban J connectivity index is 1.60. The van der Waals surface area contributed by atoms with E-state index in [1.165, 1.54) is 11.3 Å². The fraction of sp³-hybridized carbons (Fsp3) is 0.250. The minimum atomic E-state index is -0.00579. The number of rotatable bonds is 5. The van der Waals surface area contributed by atoms with Gasteiger partial charge in [-0.1, -0.05) is 29.8 Å². The van der Waals surface area contributed by atoms with Crippen molar-refractivity contribution in [1.29, 1.82) is 0 Å². The van der Waals surface area contributed by atoms with Gasteiger partial charge in [0.05, 0.1) is 23.3 Å². The van der Waals surface area contributed by atoms with Crippen molar-refractivity contribution < 1.29 is 4.79 Å². The van der Waals surface area contributed by atoms with E-state index >= 15 is 0 Å². The quantitative estimate of drug-likeness (QED) is 0.494. The molecule has 0 N–H and O–H groups in total. The van der Waals surface area contributed by atoms with E-state index in [0.717, 1.165) is 27.0 Å². The predicted molar refractivity (Wildman–Crippen MR) is 112 cm³/mol. The van der Waals surface area contributed by atoms with Gasteiger partial charge in [-0.2, -0.15) is 10.2 Å². The van der Waals surface area contributed by atoms with Crippen LogP contribution in [0.1, 0.15) is 26.5 Å². The summed E-state index contributed by atoms with van der Waals surface area (Å²) in [7, 11) is 3.67. The van der Waals surface area contributed by atoms with Crippen LogP contribution in [0.25, 0.3) is 10.2 Å². The number of carbonyl (C=O) groups is 1. The zero-order chi connectivity index (χ0) is 19.8. The number of thiophene rings is 1. The Bertz CT molecular complexity index is 1160. The maximum Gasteiger partial charge on any atom is 0.264 e. The monoisotopic (exact) mass is 413 g/mol. The number of hydrogen-bond donors (Lipinski definition) is 0. The third-order valence-electron chi connectivity index (χ3n) is 4.62. The molecule has 0 radical (unpaired) electrons. The average Bonchev–Trinajstić information content (AvgIpc) is 3.34. The van der Waals surface area contributed by atoms with Gasteiger partial charge in [0, 0.05) is 42.8 Å². The summed E-state index contributed by atoms with van der Waals surface area (Å²) in [5, 5.41) is 10.5. The lowest BCUT2D eigenvalue weighted by Gasteiger charge is -2.14. The third kappa shape index (κ3) is 3.55. The lowest BCUT2D eigenvalue weighted by molar-refractivity contribution is 0.0790. The summed E-state index contributed by atoms with van der Waals surface area (Å²) in [5.41, 5.74) is 2.91. The summed E-state index contributed by atoms with van der Waals surface area (Å²) in [6.45, 7) is 3.06. The van der Waals surface area contributed by atoms with E-state index in [9.17, 15) is 4.79 Å². The molecule has 1 amide bonds. The van der Waals surface area contributed by atoms with Crippen LogP contribution in [-0.2, 0) is 20.1 Å². The van der Waals surface area contributed by atoms with Gasteiger partial charge in [-0.25, -0.2) is 0 Å². The van der Waals surface area contributed by atoms with Crippen molar-refractivity contribution in [3.63, 3.8) is 0 Å². The van der Waals surface area contributed by atoms with Crippen molar-refractivity contribution >= 4 is 39.1 Å². The Kier molecular flexibility index (Phi) is 4.95. The molecule has 0 saturated heterocycles. The van der Waals surface area contributed by atoms with Crippen LogP contribution in [0.5, 0.6) is 0 Å². The normalized spacial score (nSPS) is 11.3. The van der Waals surface area contributed by atoms with Crippen molar-refractivity contribution in [3.05, 3.63) is 69.4 Å². The second-order valence-electron chi connectivity index (χ2n) is 6.85. The molecule has 0 atom stereocenters. The van der Waals surface area contributed by atoms with Gasteiger partial charge in [0.2, 0.25) is 0 Å². The molecule has 0 spiro atoms. The fourth-order valence-corrected chi connectivity index (χ4v) is 4.55. The van der Waals surface area contributed by atoms with E-state index in [4.69, 9.17) is 11.6 Å². The van der Waals surface area contributed by atoms with E-state index in [-0.39, 0.29) is 5.91 Å². The Morgan fingerprint density at radius 2 is 2.11 bits per heavy atom. The topological polar surface area (TPSA) is 56.0 Å². The molecule has 0 aliphatic rings. The number of nitrogens with zero attached hydrogens (tertiary/aromatic N) is 5. The van der Waals surface area contributed by atoms with Crippen LogP contribution in [0, 0.1) is 6.92 Å². The molecule has 3 heterocycles. The molecule has 1 aromatic carbocycles. The van der Waals surface area contributed by atoms with Crippen LogP contribution in [0.2, 0.25) is 5.02 Å². The first-order valence-electron chi connectivity index (χ1n) is 8.85. The Morgan fingerprint density at radius 3 is 2.82 bits per heavy atom. The summed E-state index contributed by atoms with van der Waals surface area (Å²) in [6.07, 6.45) is 3.70. The second kappa shape index (κ2) is 7.41. The van der Waals surface area contributed by atoms with E-state index in [2.05, 4.69) is 10.2 Å². The van der Waals surface area contributed by atoms with Gasteiger partial charge < -0.3 is 4.90 Å². The number of aromatic nitrogens is 4. The van der Waals surface area contributed by atoms with Gasteiger partial charge in [0.25, 0.3) is 5.91 Å². The van der Waals surface area contributed by atoms with Gasteiger partial charge in [0.1, 0.15) is 4.83 Å². The molecule has 6 nitrogen and oxygen atoms in total. The molecule has 0 unspecified atom stereocenters. The molecule has 0 bridgehead atoms. The largest absolute Gasteiger partial charge is 0.337 e. The maximum absolute atomic E-state index is 12.9. The lowest BCUT2D eigenvalue weighted by atomic mass is 10.2. The molecule has 0 fully saturated rings. The molecule has 3 aromatic heterocycles. The van der Waals surface area contributed by atoms with Crippen molar-refractivity contribution in [3.8, 4) is 0 Å². The minimum absolute atomic E-state index is 0.00579. The lowest BCUT2D eigenvalue weighted by Crippen LogP contribution is -2.25. The summed E-state index contributed by atoms with van der Waals surface area (Å²) in [4.78, 5) is 16.3. The summed E-state index contributed by atoms with van der Waals surface area (Å²) in [6, 6.07) is 9.68. The molecule has 8 heteroatoms. The number of halogens is 1. The fourth-order valence-electron chi connectivity index (χ4n) is 3.20. The Hall–Kier alpha value is -2.64. The molecule has 28 heavy (non-hydrogen) atoms. The van der Waals surface area contributed by atoms with Gasteiger partial charge in [-0.15, -0.1) is 11.3 Å². The van der Waals surface area contributed by atoms with Gasteiger partial charge >= 0.3 is 0 Å². The highest BCUT2D eigenvalue weighted by atomic mass is 35.5. The molecule has 0 aliphatic carbocycles.